The Labute approximate surface area is 187 Å². The van der Waals surface area contributed by atoms with Crippen molar-refractivity contribution < 1.29 is 23.8 Å². The van der Waals surface area contributed by atoms with Crippen molar-refractivity contribution >= 4 is 22.8 Å². The topological polar surface area (TPSA) is 78.8 Å². The smallest absolute Gasteiger partial charge is 0.340 e. The van der Waals surface area contributed by atoms with Crippen LogP contribution in [0.2, 0.25) is 0 Å². The van der Waals surface area contributed by atoms with Gasteiger partial charge < -0.3 is 24.1 Å². The number of carbonyl (C=O) groups is 2. The van der Waals surface area contributed by atoms with Crippen LogP contribution < -0.4 is 14.8 Å². The first-order valence-corrected chi connectivity index (χ1v) is 10.8. The molecule has 7 heteroatoms. The number of benzene rings is 2. The number of amides is 1. The van der Waals surface area contributed by atoms with E-state index in [0.717, 1.165) is 28.6 Å². The Morgan fingerprint density at radius 2 is 1.84 bits per heavy atom. The molecule has 4 rings (SSSR count). The molecule has 1 atom stereocenters. The lowest BCUT2D eigenvalue weighted by Crippen LogP contribution is -2.34. The van der Waals surface area contributed by atoms with Gasteiger partial charge >= 0.3 is 5.97 Å². The van der Waals surface area contributed by atoms with Crippen molar-refractivity contribution in [2.75, 3.05) is 20.3 Å². The molecule has 1 amide bonds. The minimum absolute atomic E-state index is 0.0886. The monoisotopic (exact) mass is 436 g/mol. The Kier molecular flexibility index (Phi) is 6.35. The Morgan fingerprint density at radius 1 is 1.09 bits per heavy atom. The molecule has 0 fully saturated rings. The molecule has 32 heavy (non-hydrogen) atoms. The van der Waals surface area contributed by atoms with Crippen LogP contribution in [0.4, 0.5) is 0 Å². The van der Waals surface area contributed by atoms with Crippen molar-refractivity contribution in [2.45, 2.75) is 32.9 Å². The van der Waals surface area contributed by atoms with E-state index in [1.165, 1.54) is 7.11 Å². The van der Waals surface area contributed by atoms with Crippen molar-refractivity contribution in [1.82, 2.24) is 9.88 Å². The van der Waals surface area contributed by atoms with Crippen LogP contribution in [0.1, 0.15) is 42.2 Å². The molecular weight excluding hydrogens is 408 g/mol. The number of hydrogen-bond donors (Lipinski definition) is 1. The molecule has 3 aromatic rings. The second-order valence-electron chi connectivity index (χ2n) is 8.23. The van der Waals surface area contributed by atoms with E-state index >= 15 is 0 Å². The summed E-state index contributed by atoms with van der Waals surface area (Å²) in [6.07, 6.45) is 2.51. The number of methoxy groups -OCH3 is 1. The van der Waals surface area contributed by atoms with Gasteiger partial charge in [-0.05, 0) is 29.7 Å². The van der Waals surface area contributed by atoms with E-state index in [9.17, 15) is 9.59 Å². The van der Waals surface area contributed by atoms with Gasteiger partial charge in [0.25, 0.3) is 0 Å². The number of rotatable bonds is 6. The zero-order valence-corrected chi connectivity index (χ0v) is 18.6. The van der Waals surface area contributed by atoms with Gasteiger partial charge in [0.1, 0.15) is 6.54 Å². The van der Waals surface area contributed by atoms with Gasteiger partial charge in [0, 0.05) is 23.5 Å². The largest absolute Gasteiger partial charge is 0.490 e. The van der Waals surface area contributed by atoms with Gasteiger partial charge in [-0.15, -0.1) is 0 Å². The van der Waals surface area contributed by atoms with Gasteiger partial charge in [-0.2, -0.15) is 0 Å². The Balaban J connectivity index is 1.56. The van der Waals surface area contributed by atoms with Crippen molar-refractivity contribution in [3.8, 4) is 11.5 Å². The fourth-order valence-electron chi connectivity index (χ4n) is 4.03. The Hall–Kier alpha value is -3.48. The second kappa shape index (κ2) is 9.34. The summed E-state index contributed by atoms with van der Waals surface area (Å²) < 4.78 is 18.2. The minimum Gasteiger partial charge on any atom is -0.490 e. The second-order valence-corrected chi connectivity index (χ2v) is 8.23. The van der Waals surface area contributed by atoms with Crippen LogP contribution in [0.15, 0.2) is 48.7 Å². The third-order valence-corrected chi connectivity index (χ3v) is 5.62. The maximum absolute atomic E-state index is 13.0. The average molecular weight is 437 g/mol. The summed E-state index contributed by atoms with van der Waals surface area (Å²) in [6.45, 7) is 5.46. The summed E-state index contributed by atoms with van der Waals surface area (Å²) in [5.41, 5.74) is 2.21. The van der Waals surface area contributed by atoms with Gasteiger partial charge in [-0.25, -0.2) is 4.79 Å². The molecule has 0 saturated heterocycles. The molecular formula is C25H28N2O5. The van der Waals surface area contributed by atoms with Crippen LogP contribution in [-0.4, -0.2) is 36.8 Å². The van der Waals surface area contributed by atoms with Crippen molar-refractivity contribution in [3.05, 3.63) is 59.8 Å². The maximum atomic E-state index is 13.0. The predicted molar refractivity (Wildman–Crippen MR) is 121 cm³/mol. The molecule has 0 spiro atoms. The number of para-hydroxylation sites is 1. The maximum Gasteiger partial charge on any atom is 0.340 e. The van der Waals surface area contributed by atoms with Gasteiger partial charge in [-0.3, -0.25) is 4.79 Å². The summed E-state index contributed by atoms with van der Waals surface area (Å²) in [6, 6.07) is 13.1. The first-order valence-electron chi connectivity index (χ1n) is 10.8. The Morgan fingerprint density at radius 3 is 2.59 bits per heavy atom. The third-order valence-electron chi connectivity index (χ3n) is 5.62. The first-order chi connectivity index (χ1) is 15.5. The van der Waals surface area contributed by atoms with Crippen LogP contribution in [-0.2, 0) is 16.1 Å². The van der Waals surface area contributed by atoms with Gasteiger partial charge in [0.05, 0.1) is 31.9 Å². The van der Waals surface area contributed by atoms with Gasteiger partial charge in [-0.1, -0.05) is 38.1 Å². The average Bonchev–Trinajstić information content (AvgIpc) is 2.98. The van der Waals surface area contributed by atoms with E-state index < -0.39 is 5.97 Å². The highest BCUT2D eigenvalue weighted by Crippen LogP contribution is 2.34. The fourth-order valence-corrected chi connectivity index (χ4v) is 4.03. The zero-order chi connectivity index (χ0) is 22.7. The number of aromatic nitrogens is 1. The summed E-state index contributed by atoms with van der Waals surface area (Å²) in [7, 11) is 1.35. The van der Waals surface area contributed by atoms with E-state index in [1.54, 1.807) is 10.8 Å². The molecule has 1 N–H and O–H groups in total. The molecule has 1 aromatic heterocycles. The fraction of sp³-hybridized carbons (Fsp3) is 0.360. The molecule has 2 heterocycles. The van der Waals surface area contributed by atoms with Crippen molar-refractivity contribution in [1.29, 1.82) is 0 Å². The summed E-state index contributed by atoms with van der Waals surface area (Å²) in [5, 5.41) is 3.91. The molecule has 7 nitrogen and oxygen atoms in total. The van der Waals surface area contributed by atoms with Crippen LogP contribution in [0.3, 0.4) is 0 Å². The highest BCUT2D eigenvalue weighted by Gasteiger charge is 2.22. The highest BCUT2D eigenvalue weighted by atomic mass is 16.5. The van der Waals surface area contributed by atoms with Gasteiger partial charge in [0.15, 0.2) is 11.5 Å². The summed E-state index contributed by atoms with van der Waals surface area (Å²) >= 11 is 0. The van der Waals surface area contributed by atoms with E-state index in [2.05, 4.69) is 19.2 Å². The minimum atomic E-state index is -0.424. The van der Waals surface area contributed by atoms with E-state index in [-0.39, 0.29) is 24.4 Å². The number of fused-ring (bicyclic) bond motifs is 2. The van der Waals surface area contributed by atoms with Crippen LogP contribution >= 0.6 is 0 Å². The lowest BCUT2D eigenvalue weighted by molar-refractivity contribution is -0.122. The molecule has 1 aliphatic heterocycles. The number of carbonyl (C=O) groups excluding carboxylic acids is 2. The van der Waals surface area contributed by atoms with Crippen molar-refractivity contribution in [3.63, 3.8) is 0 Å². The number of ether oxygens (including phenoxy) is 3. The van der Waals surface area contributed by atoms with Crippen LogP contribution in [0.25, 0.3) is 10.9 Å². The molecule has 168 valence electrons. The number of nitrogens with one attached hydrogen (secondary N) is 1. The molecule has 0 unspecified atom stereocenters. The number of nitrogens with zero attached hydrogens (tertiary/aromatic N) is 1. The van der Waals surface area contributed by atoms with Crippen molar-refractivity contribution in [2.24, 2.45) is 5.92 Å². The molecule has 1 aliphatic rings. The number of esters is 1. The quantitative estimate of drug-likeness (QED) is 0.589. The van der Waals surface area contributed by atoms with Crippen LogP contribution in [0.5, 0.6) is 11.5 Å². The van der Waals surface area contributed by atoms with E-state index in [0.29, 0.717) is 24.5 Å². The van der Waals surface area contributed by atoms with Gasteiger partial charge in [0.2, 0.25) is 5.91 Å². The third kappa shape index (κ3) is 4.42. The summed E-state index contributed by atoms with van der Waals surface area (Å²) in [4.78, 5) is 25.2. The van der Waals surface area contributed by atoms with Crippen LogP contribution in [0, 0.1) is 5.92 Å². The van der Waals surface area contributed by atoms with E-state index in [4.69, 9.17) is 14.2 Å². The molecule has 0 aliphatic carbocycles. The van der Waals surface area contributed by atoms with E-state index in [1.807, 2.05) is 42.5 Å². The lowest BCUT2D eigenvalue weighted by atomic mass is 9.95. The predicted octanol–water partition coefficient (Wildman–Crippen LogP) is 4.10. The Bertz CT molecular complexity index is 1130. The first kappa shape index (κ1) is 21.7. The SMILES string of the molecule is COC(=O)c1cn(CC(=O)N[C@H](c2ccc3c(c2)OCCCO3)C(C)C)c2ccccc12. The molecule has 2 aromatic carbocycles. The summed E-state index contributed by atoms with van der Waals surface area (Å²) in [5.74, 6) is 1.03. The lowest BCUT2D eigenvalue weighted by Gasteiger charge is -2.24. The molecule has 0 radical (unpaired) electrons. The number of hydrogen-bond acceptors (Lipinski definition) is 5. The normalized spacial score (nSPS) is 14.1. The molecule has 0 saturated carbocycles. The zero-order valence-electron chi connectivity index (χ0n) is 18.6. The highest BCUT2D eigenvalue weighted by molar-refractivity contribution is 6.04. The standard InChI is InChI=1S/C25H28N2O5/c1-16(2)24(17-9-10-21-22(13-17)32-12-6-11-31-21)26-23(28)15-27-14-19(25(29)30-3)18-7-4-5-8-20(18)27/h4-5,7-10,13-14,16,24H,6,11-12,15H2,1-3H3,(H,26,28)/t24-/m0/s1. The molecule has 0 bridgehead atoms.